The quantitative estimate of drug-likeness (QED) is 0.697. The minimum Gasteiger partial charge on any atom is -0.327 e. The fourth-order valence-electron chi connectivity index (χ4n) is 1.07. The van der Waals surface area contributed by atoms with Crippen LogP contribution in [-0.2, 0) is 6.42 Å². The van der Waals surface area contributed by atoms with Gasteiger partial charge in [-0.1, -0.05) is 30.3 Å². The molecule has 0 saturated heterocycles. The van der Waals surface area contributed by atoms with Crippen LogP contribution in [0.3, 0.4) is 0 Å². The van der Waals surface area contributed by atoms with Gasteiger partial charge < -0.3 is 11.5 Å². The van der Waals surface area contributed by atoms with Gasteiger partial charge in [-0.15, -0.1) is 0 Å². The minimum atomic E-state index is 0.0604. The Hall–Kier alpha value is -0.860. The fourth-order valence-corrected chi connectivity index (χ4v) is 1.07. The van der Waals surface area contributed by atoms with E-state index in [2.05, 4.69) is 12.1 Å². The van der Waals surface area contributed by atoms with Crippen molar-refractivity contribution in [3.63, 3.8) is 0 Å². The zero-order chi connectivity index (χ0) is 8.97. The van der Waals surface area contributed by atoms with Gasteiger partial charge in [0.05, 0.1) is 0 Å². The SMILES string of the molecule is C[C@H](N)[C@@H](N)Cc1ccccc1. The molecular weight excluding hydrogens is 148 g/mol. The van der Waals surface area contributed by atoms with Crippen LogP contribution in [0.1, 0.15) is 12.5 Å². The first kappa shape index (κ1) is 9.23. The topological polar surface area (TPSA) is 52.0 Å². The van der Waals surface area contributed by atoms with Crippen molar-refractivity contribution in [2.75, 3.05) is 0 Å². The summed E-state index contributed by atoms with van der Waals surface area (Å²) in [5.74, 6) is 0. The summed E-state index contributed by atoms with van der Waals surface area (Å²) in [6, 6.07) is 10.3. The van der Waals surface area contributed by atoms with Crippen LogP contribution in [0, 0.1) is 0 Å². The normalized spacial score (nSPS) is 15.6. The van der Waals surface area contributed by atoms with Gasteiger partial charge in [0.25, 0.3) is 0 Å². The Morgan fingerprint density at radius 3 is 2.25 bits per heavy atom. The fraction of sp³-hybridized carbons (Fsp3) is 0.400. The molecule has 1 aromatic carbocycles. The molecule has 4 N–H and O–H groups in total. The van der Waals surface area contributed by atoms with E-state index in [1.807, 2.05) is 25.1 Å². The van der Waals surface area contributed by atoms with Crippen LogP contribution in [0.5, 0.6) is 0 Å². The number of hydrogen-bond donors (Lipinski definition) is 2. The molecule has 0 heterocycles. The minimum absolute atomic E-state index is 0.0604. The summed E-state index contributed by atoms with van der Waals surface area (Å²) in [7, 11) is 0. The molecule has 66 valence electrons. The van der Waals surface area contributed by atoms with Gasteiger partial charge in [0, 0.05) is 12.1 Å². The molecule has 0 aliphatic carbocycles. The summed E-state index contributed by atoms with van der Waals surface area (Å²) in [5.41, 5.74) is 12.7. The summed E-state index contributed by atoms with van der Waals surface area (Å²) in [6.45, 7) is 1.94. The van der Waals surface area contributed by atoms with Crippen molar-refractivity contribution in [1.29, 1.82) is 0 Å². The van der Waals surface area contributed by atoms with Crippen LogP contribution in [0.2, 0.25) is 0 Å². The lowest BCUT2D eigenvalue weighted by Crippen LogP contribution is -2.40. The smallest absolute Gasteiger partial charge is 0.0230 e. The lowest BCUT2D eigenvalue weighted by atomic mass is 10.0. The average molecular weight is 164 g/mol. The van der Waals surface area contributed by atoms with E-state index in [0.717, 1.165) is 6.42 Å². The van der Waals surface area contributed by atoms with E-state index < -0.39 is 0 Å². The molecule has 0 saturated carbocycles. The molecule has 0 radical (unpaired) electrons. The van der Waals surface area contributed by atoms with Gasteiger partial charge in [-0.05, 0) is 18.9 Å². The van der Waals surface area contributed by atoms with Gasteiger partial charge in [-0.2, -0.15) is 0 Å². The molecule has 2 nitrogen and oxygen atoms in total. The molecule has 0 aromatic heterocycles. The molecule has 0 unspecified atom stereocenters. The zero-order valence-corrected chi connectivity index (χ0v) is 7.40. The van der Waals surface area contributed by atoms with Crippen LogP contribution in [0.25, 0.3) is 0 Å². The van der Waals surface area contributed by atoms with Gasteiger partial charge in [0.1, 0.15) is 0 Å². The van der Waals surface area contributed by atoms with E-state index in [1.165, 1.54) is 5.56 Å². The van der Waals surface area contributed by atoms with Gasteiger partial charge in [-0.25, -0.2) is 0 Å². The van der Waals surface area contributed by atoms with Crippen molar-refractivity contribution < 1.29 is 0 Å². The van der Waals surface area contributed by atoms with Crippen LogP contribution in [0.4, 0.5) is 0 Å². The molecule has 0 fully saturated rings. The molecule has 2 atom stereocenters. The molecule has 0 aliphatic heterocycles. The largest absolute Gasteiger partial charge is 0.327 e. The highest BCUT2D eigenvalue weighted by molar-refractivity contribution is 5.16. The lowest BCUT2D eigenvalue weighted by Gasteiger charge is -2.14. The molecular formula is C10H16N2. The highest BCUT2D eigenvalue weighted by atomic mass is 14.8. The van der Waals surface area contributed by atoms with Crippen LogP contribution in [0.15, 0.2) is 30.3 Å². The first-order chi connectivity index (χ1) is 5.70. The Kier molecular flexibility index (Phi) is 3.26. The van der Waals surface area contributed by atoms with Gasteiger partial charge in [0.15, 0.2) is 0 Å². The van der Waals surface area contributed by atoms with Crippen LogP contribution >= 0.6 is 0 Å². The average Bonchev–Trinajstić information content (AvgIpc) is 2.06. The summed E-state index contributed by atoms with van der Waals surface area (Å²) in [4.78, 5) is 0. The van der Waals surface area contributed by atoms with Gasteiger partial charge in [0.2, 0.25) is 0 Å². The molecule has 1 aromatic rings. The molecule has 0 amide bonds. The van der Waals surface area contributed by atoms with E-state index >= 15 is 0 Å². The van der Waals surface area contributed by atoms with E-state index in [4.69, 9.17) is 11.5 Å². The predicted molar refractivity (Wildman–Crippen MR) is 51.8 cm³/mol. The lowest BCUT2D eigenvalue weighted by molar-refractivity contribution is 0.557. The highest BCUT2D eigenvalue weighted by Crippen LogP contribution is 2.02. The van der Waals surface area contributed by atoms with Crippen LogP contribution < -0.4 is 11.5 Å². The molecule has 1 rings (SSSR count). The van der Waals surface area contributed by atoms with Crippen molar-refractivity contribution in [3.8, 4) is 0 Å². The number of rotatable bonds is 3. The molecule has 0 spiro atoms. The van der Waals surface area contributed by atoms with Crippen molar-refractivity contribution in [3.05, 3.63) is 35.9 Å². The Bertz CT molecular complexity index is 219. The Labute approximate surface area is 73.6 Å². The van der Waals surface area contributed by atoms with E-state index in [0.29, 0.717) is 0 Å². The molecule has 0 bridgehead atoms. The van der Waals surface area contributed by atoms with Crippen LogP contribution in [-0.4, -0.2) is 12.1 Å². The van der Waals surface area contributed by atoms with Crippen molar-refractivity contribution >= 4 is 0 Å². The maximum atomic E-state index is 5.82. The summed E-state index contributed by atoms with van der Waals surface area (Å²) in [6.07, 6.45) is 0.860. The monoisotopic (exact) mass is 164 g/mol. The van der Waals surface area contributed by atoms with E-state index in [9.17, 15) is 0 Å². The maximum Gasteiger partial charge on any atom is 0.0230 e. The second kappa shape index (κ2) is 4.24. The Morgan fingerprint density at radius 1 is 1.17 bits per heavy atom. The standard InChI is InChI=1S/C10H16N2/c1-8(11)10(12)7-9-5-3-2-4-6-9/h2-6,8,10H,7,11-12H2,1H3/t8-,10-/m0/s1. The maximum absolute atomic E-state index is 5.82. The van der Waals surface area contributed by atoms with E-state index in [-0.39, 0.29) is 12.1 Å². The molecule has 2 heteroatoms. The molecule has 12 heavy (non-hydrogen) atoms. The predicted octanol–water partition coefficient (Wildman–Crippen LogP) is 0.904. The number of hydrogen-bond acceptors (Lipinski definition) is 2. The number of nitrogens with two attached hydrogens (primary N) is 2. The van der Waals surface area contributed by atoms with Gasteiger partial charge >= 0.3 is 0 Å². The number of benzene rings is 1. The highest BCUT2D eigenvalue weighted by Gasteiger charge is 2.07. The first-order valence-electron chi connectivity index (χ1n) is 4.25. The Morgan fingerprint density at radius 2 is 1.75 bits per heavy atom. The first-order valence-corrected chi connectivity index (χ1v) is 4.25. The van der Waals surface area contributed by atoms with Crippen molar-refractivity contribution in [2.45, 2.75) is 25.4 Å². The summed E-state index contributed by atoms with van der Waals surface area (Å²) < 4.78 is 0. The third-order valence-electron chi connectivity index (χ3n) is 1.99. The second-order valence-electron chi connectivity index (χ2n) is 3.21. The summed E-state index contributed by atoms with van der Waals surface area (Å²) >= 11 is 0. The second-order valence-corrected chi connectivity index (χ2v) is 3.21. The van der Waals surface area contributed by atoms with E-state index in [1.54, 1.807) is 0 Å². The molecule has 0 aliphatic rings. The third-order valence-corrected chi connectivity index (χ3v) is 1.99. The third kappa shape index (κ3) is 2.64. The zero-order valence-electron chi connectivity index (χ0n) is 7.40. The van der Waals surface area contributed by atoms with Crippen molar-refractivity contribution in [2.24, 2.45) is 11.5 Å². The summed E-state index contributed by atoms with van der Waals surface area (Å²) in [5, 5.41) is 0. The Balaban J connectivity index is 2.53. The van der Waals surface area contributed by atoms with Crippen molar-refractivity contribution in [1.82, 2.24) is 0 Å². The van der Waals surface area contributed by atoms with Gasteiger partial charge in [-0.3, -0.25) is 0 Å².